The fourth-order valence-electron chi connectivity index (χ4n) is 2.04. The number of carbonyl (C=O) groups excluding carboxylic acids is 1. The molecule has 1 fully saturated rings. The van der Waals surface area contributed by atoms with Crippen molar-refractivity contribution < 1.29 is 14.6 Å². The van der Waals surface area contributed by atoms with Crippen molar-refractivity contribution >= 4 is 6.09 Å². The summed E-state index contributed by atoms with van der Waals surface area (Å²) in [5.74, 6) is 0.118. The molecule has 0 spiro atoms. The molecule has 4 nitrogen and oxygen atoms in total. The standard InChI is InChI=1S/C14H25NO3/c1-10(2)8-12(16)11-6-7-15(9-11)13(17)18-14(3,4)5/h8,11-12,16H,6-7,9H2,1-5H3. The molecule has 0 bridgehead atoms. The summed E-state index contributed by atoms with van der Waals surface area (Å²) in [5, 5.41) is 10.00. The van der Waals surface area contributed by atoms with E-state index in [0.717, 1.165) is 12.0 Å². The summed E-state index contributed by atoms with van der Waals surface area (Å²) >= 11 is 0. The van der Waals surface area contributed by atoms with Crippen LogP contribution in [0.2, 0.25) is 0 Å². The summed E-state index contributed by atoms with van der Waals surface area (Å²) in [5.41, 5.74) is 0.631. The number of hydrogen-bond acceptors (Lipinski definition) is 3. The zero-order chi connectivity index (χ0) is 13.9. The van der Waals surface area contributed by atoms with Crippen LogP contribution in [0.1, 0.15) is 41.0 Å². The van der Waals surface area contributed by atoms with Crippen LogP contribution >= 0.6 is 0 Å². The maximum Gasteiger partial charge on any atom is 0.410 e. The van der Waals surface area contributed by atoms with Crippen LogP contribution in [0.25, 0.3) is 0 Å². The first-order valence-corrected chi connectivity index (χ1v) is 6.50. The summed E-state index contributed by atoms with van der Waals surface area (Å²) in [6, 6.07) is 0. The minimum atomic E-state index is -0.470. The molecule has 0 aromatic rings. The van der Waals surface area contributed by atoms with Crippen LogP contribution in [0.15, 0.2) is 11.6 Å². The lowest BCUT2D eigenvalue weighted by molar-refractivity contribution is 0.0277. The second-order valence-electron chi connectivity index (χ2n) is 6.21. The number of carbonyl (C=O) groups is 1. The van der Waals surface area contributed by atoms with Crippen molar-refractivity contribution in [1.29, 1.82) is 0 Å². The average molecular weight is 255 g/mol. The Kier molecular flexibility index (Phi) is 4.79. The van der Waals surface area contributed by atoms with E-state index in [1.165, 1.54) is 0 Å². The van der Waals surface area contributed by atoms with Gasteiger partial charge in [-0.15, -0.1) is 0 Å². The van der Waals surface area contributed by atoms with Crippen LogP contribution in [-0.4, -0.2) is 40.9 Å². The largest absolute Gasteiger partial charge is 0.444 e. The molecular formula is C14H25NO3. The van der Waals surface area contributed by atoms with Crippen molar-refractivity contribution in [3.05, 3.63) is 11.6 Å². The number of allylic oxidation sites excluding steroid dienone is 1. The minimum absolute atomic E-state index is 0.118. The van der Waals surface area contributed by atoms with Gasteiger partial charge in [-0.3, -0.25) is 0 Å². The van der Waals surface area contributed by atoms with Crippen LogP contribution in [0.4, 0.5) is 4.79 Å². The van der Waals surface area contributed by atoms with Gasteiger partial charge in [0.25, 0.3) is 0 Å². The number of hydrogen-bond donors (Lipinski definition) is 1. The molecule has 1 rings (SSSR count). The molecule has 0 radical (unpaired) electrons. The quantitative estimate of drug-likeness (QED) is 0.771. The molecule has 0 aromatic carbocycles. The van der Waals surface area contributed by atoms with Gasteiger partial charge in [-0.2, -0.15) is 0 Å². The zero-order valence-corrected chi connectivity index (χ0v) is 12.1. The molecule has 0 aromatic heterocycles. The Morgan fingerprint density at radius 2 is 2.06 bits per heavy atom. The second kappa shape index (κ2) is 5.74. The maximum atomic E-state index is 11.9. The molecule has 1 amide bonds. The third kappa shape index (κ3) is 4.69. The highest BCUT2D eigenvalue weighted by Gasteiger charge is 2.32. The highest BCUT2D eigenvalue weighted by Crippen LogP contribution is 2.23. The van der Waals surface area contributed by atoms with Gasteiger partial charge in [-0.05, 0) is 41.0 Å². The number of nitrogens with zero attached hydrogens (tertiary/aromatic N) is 1. The van der Waals surface area contributed by atoms with E-state index in [1.807, 2.05) is 40.7 Å². The van der Waals surface area contributed by atoms with Crippen molar-refractivity contribution in [3.63, 3.8) is 0 Å². The average Bonchev–Trinajstić information content (AvgIpc) is 2.61. The van der Waals surface area contributed by atoms with E-state index in [4.69, 9.17) is 4.74 Å². The fourth-order valence-corrected chi connectivity index (χ4v) is 2.04. The molecule has 2 atom stereocenters. The fraction of sp³-hybridized carbons (Fsp3) is 0.786. The molecule has 1 heterocycles. The van der Waals surface area contributed by atoms with Crippen molar-refractivity contribution in [2.75, 3.05) is 13.1 Å². The monoisotopic (exact) mass is 255 g/mol. The van der Waals surface area contributed by atoms with Crippen LogP contribution in [0, 0.1) is 5.92 Å². The predicted octanol–water partition coefficient (Wildman–Crippen LogP) is 2.57. The van der Waals surface area contributed by atoms with E-state index in [2.05, 4.69) is 0 Å². The summed E-state index contributed by atoms with van der Waals surface area (Å²) in [4.78, 5) is 13.5. The maximum absolute atomic E-state index is 11.9. The molecule has 4 heteroatoms. The Morgan fingerprint density at radius 3 is 2.56 bits per heavy atom. The van der Waals surface area contributed by atoms with Gasteiger partial charge < -0.3 is 14.7 Å². The Hall–Kier alpha value is -1.03. The number of aliphatic hydroxyl groups is 1. The highest BCUT2D eigenvalue weighted by atomic mass is 16.6. The Balaban J connectivity index is 2.51. The molecule has 1 N–H and O–H groups in total. The molecule has 18 heavy (non-hydrogen) atoms. The number of likely N-dealkylation sites (tertiary alicyclic amines) is 1. The molecule has 0 aliphatic carbocycles. The van der Waals surface area contributed by atoms with Gasteiger partial charge in [-0.25, -0.2) is 4.79 Å². The molecular weight excluding hydrogens is 230 g/mol. The summed E-state index contributed by atoms with van der Waals surface area (Å²) < 4.78 is 5.32. The second-order valence-corrected chi connectivity index (χ2v) is 6.21. The first-order valence-electron chi connectivity index (χ1n) is 6.50. The molecule has 0 saturated carbocycles. The third-order valence-corrected chi connectivity index (χ3v) is 2.86. The van der Waals surface area contributed by atoms with E-state index in [0.29, 0.717) is 13.1 Å². The van der Waals surface area contributed by atoms with E-state index >= 15 is 0 Å². The van der Waals surface area contributed by atoms with Crippen molar-refractivity contribution in [3.8, 4) is 0 Å². The first kappa shape index (κ1) is 15.0. The molecule has 104 valence electrons. The van der Waals surface area contributed by atoms with Gasteiger partial charge in [0.05, 0.1) is 6.10 Å². The van der Waals surface area contributed by atoms with Crippen LogP contribution in [0.3, 0.4) is 0 Å². The molecule has 1 aliphatic rings. The lowest BCUT2D eigenvalue weighted by atomic mass is 10.0. The molecule has 1 aliphatic heterocycles. The number of rotatable bonds is 2. The first-order chi connectivity index (χ1) is 8.19. The summed E-state index contributed by atoms with van der Waals surface area (Å²) in [6.07, 6.45) is 1.92. The van der Waals surface area contributed by atoms with Crippen LogP contribution < -0.4 is 0 Å². The number of amides is 1. The normalized spacial score (nSPS) is 21.7. The lowest BCUT2D eigenvalue weighted by Crippen LogP contribution is -2.36. The van der Waals surface area contributed by atoms with E-state index in [9.17, 15) is 9.90 Å². The Morgan fingerprint density at radius 1 is 1.44 bits per heavy atom. The Labute approximate surface area is 110 Å². The van der Waals surface area contributed by atoms with E-state index < -0.39 is 11.7 Å². The van der Waals surface area contributed by atoms with Gasteiger partial charge in [0.15, 0.2) is 0 Å². The molecule has 1 saturated heterocycles. The zero-order valence-electron chi connectivity index (χ0n) is 12.1. The predicted molar refractivity (Wildman–Crippen MR) is 71.4 cm³/mol. The number of ether oxygens (including phenoxy) is 1. The summed E-state index contributed by atoms with van der Waals surface area (Å²) in [6.45, 7) is 10.7. The SMILES string of the molecule is CC(C)=CC(O)C1CCN(C(=O)OC(C)(C)C)C1. The number of aliphatic hydroxyl groups excluding tert-OH is 1. The van der Waals surface area contributed by atoms with Gasteiger partial charge in [0.2, 0.25) is 0 Å². The van der Waals surface area contributed by atoms with Crippen molar-refractivity contribution in [2.45, 2.75) is 52.7 Å². The highest BCUT2D eigenvalue weighted by molar-refractivity contribution is 5.68. The van der Waals surface area contributed by atoms with Crippen molar-refractivity contribution in [1.82, 2.24) is 4.90 Å². The van der Waals surface area contributed by atoms with E-state index in [-0.39, 0.29) is 12.0 Å². The lowest BCUT2D eigenvalue weighted by Gasteiger charge is -2.24. The van der Waals surface area contributed by atoms with Crippen LogP contribution in [0.5, 0.6) is 0 Å². The van der Waals surface area contributed by atoms with Gasteiger partial charge in [-0.1, -0.05) is 11.6 Å². The van der Waals surface area contributed by atoms with E-state index in [1.54, 1.807) is 4.90 Å². The summed E-state index contributed by atoms with van der Waals surface area (Å²) in [7, 11) is 0. The topological polar surface area (TPSA) is 49.8 Å². The molecule has 2 unspecified atom stereocenters. The van der Waals surface area contributed by atoms with Gasteiger partial charge >= 0.3 is 6.09 Å². The smallest absolute Gasteiger partial charge is 0.410 e. The van der Waals surface area contributed by atoms with Crippen molar-refractivity contribution in [2.24, 2.45) is 5.92 Å². The van der Waals surface area contributed by atoms with Crippen LogP contribution in [-0.2, 0) is 4.74 Å². The van der Waals surface area contributed by atoms with Gasteiger partial charge in [0, 0.05) is 19.0 Å². The Bertz CT molecular complexity index is 326. The van der Waals surface area contributed by atoms with Gasteiger partial charge in [0.1, 0.15) is 5.60 Å². The third-order valence-electron chi connectivity index (χ3n) is 2.86. The minimum Gasteiger partial charge on any atom is -0.444 e.